The molecular formula is C15H18BrN3. The molecule has 2 aromatic rings. The highest BCUT2D eigenvalue weighted by Crippen LogP contribution is 2.20. The van der Waals surface area contributed by atoms with Crippen molar-refractivity contribution in [3.8, 4) is 0 Å². The lowest BCUT2D eigenvalue weighted by atomic mass is 10.2. The highest BCUT2D eigenvalue weighted by Gasteiger charge is 2.20. The highest BCUT2D eigenvalue weighted by molar-refractivity contribution is 9.10. The molecule has 0 radical (unpaired) electrons. The van der Waals surface area contributed by atoms with E-state index in [2.05, 4.69) is 62.0 Å². The fraction of sp³-hybridized carbons (Fsp3) is 0.400. The SMILES string of the molecule is Cc1ncc(CNC2CC2)n1Cc1cccc(Br)c1. The summed E-state index contributed by atoms with van der Waals surface area (Å²) in [4.78, 5) is 4.44. The van der Waals surface area contributed by atoms with Crippen molar-refractivity contribution in [2.45, 2.75) is 38.9 Å². The maximum absolute atomic E-state index is 4.44. The van der Waals surface area contributed by atoms with Crippen molar-refractivity contribution in [3.05, 3.63) is 52.0 Å². The zero-order valence-electron chi connectivity index (χ0n) is 11.1. The minimum atomic E-state index is 0.731. The molecule has 19 heavy (non-hydrogen) atoms. The first-order chi connectivity index (χ1) is 9.22. The summed E-state index contributed by atoms with van der Waals surface area (Å²) in [5.41, 5.74) is 2.56. The Morgan fingerprint density at radius 1 is 1.42 bits per heavy atom. The molecule has 1 aromatic carbocycles. The summed E-state index contributed by atoms with van der Waals surface area (Å²) in [7, 11) is 0. The van der Waals surface area contributed by atoms with Crippen molar-refractivity contribution in [1.82, 2.24) is 14.9 Å². The van der Waals surface area contributed by atoms with Crippen molar-refractivity contribution >= 4 is 15.9 Å². The molecule has 1 saturated carbocycles. The predicted octanol–water partition coefficient (Wildman–Crippen LogP) is 3.25. The van der Waals surface area contributed by atoms with Crippen LogP contribution in [0.5, 0.6) is 0 Å². The second kappa shape index (κ2) is 5.47. The smallest absolute Gasteiger partial charge is 0.106 e. The van der Waals surface area contributed by atoms with Gasteiger partial charge in [0.1, 0.15) is 5.82 Å². The van der Waals surface area contributed by atoms with Crippen LogP contribution in [0.1, 0.15) is 29.9 Å². The molecule has 0 spiro atoms. The predicted molar refractivity (Wildman–Crippen MR) is 80.1 cm³/mol. The molecule has 3 rings (SSSR count). The van der Waals surface area contributed by atoms with Crippen LogP contribution < -0.4 is 5.32 Å². The number of nitrogens with one attached hydrogen (secondary N) is 1. The van der Waals surface area contributed by atoms with E-state index in [1.54, 1.807) is 0 Å². The van der Waals surface area contributed by atoms with E-state index in [0.29, 0.717) is 0 Å². The number of aryl methyl sites for hydroxylation is 1. The molecule has 1 aromatic heterocycles. The van der Waals surface area contributed by atoms with Gasteiger partial charge in [-0.15, -0.1) is 0 Å². The van der Waals surface area contributed by atoms with Crippen LogP contribution in [0.3, 0.4) is 0 Å². The fourth-order valence-corrected chi connectivity index (χ4v) is 2.67. The molecule has 4 heteroatoms. The molecule has 0 aliphatic heterocycles. The second-order valence-electron chi connectivity index (χ2n) is 5.17. The summed E-state index contributed by atoms with van der Waals surface area (Å²) in [6.45, 7) is 3.87. The van der Waals surface area contributed by atoms with Gasteiger partial charge < -0.3 is 9.88 Å². The van der Waals surface area contributed by atoms with Crippen LogP contribution in [-0.4, -0.2) is 15.6 Å². The molecule has 0 amide bonds. The van der Waals surface area contributed by atoms with Crippen LogP contribution in [0, 0.1) is 6.92 Å². The van der Waals surface area contributed by atoms with Gasteiger partial charge in [0.25, 0.3) is 0 Å². The number of rotatable bonds is 5. The van der Waals surface area contributed by atoms with Gasteiger partial charge in [-0.25, -0.2) is 4.98 Å². The first-order valence-electron chi connectivity index (χ1n) is 6.71. The van der Waals surface area contributed by atoms with Gasteiger partial charge in [0.15, 0.2) is 0 Å². The van der Waals surface area contributed by atoms with Gasteiger partial charge in [0, 0.05) is 29.8 Å². The highest BCUT2D eigenvalue weighted by atomic mass is 79.9. The quantitative estimate of drug-likeness (QED) is 0.916. The molecule has 1 aliphatic carbocycles. The Morgan fingerprint density at radius 2 is 2.26 bits per heavy atom. The Bertz CT molecular complexity index is 573. The lowest BCUT2D eigenvalue weighted by Crippen LogP contribution is -2.18. The minimum Gasteiger partial charge on any atom is -0.327 e. The molecule has 1 aliphatic rings. The van der Waals surface area contributed by atoms with Crippen LogP contribution in [0.2, 0.25) is 0 Å². The number of imidazole rings is 1. The third-order valence-corrected chi connectivity index (χ3v) is 4.01. The second-order valence-corrected chi connectivity index (χ2v) is 6.08. The fourth-order valence-electron chi connectivity index (χ4n) is 2.23. The molecular weight excluding hydrogens is 302 g/mol. The zero-order chi connectivity index (χ0) is 13.2. The van der Waals surface area contributed by atoms with E-state index in [9.17, 15) is 0 Å². The third-order valence-electron chi connectivity index (χ3n) is 3.52. The van der Waals surface area contributed by atoms with E-state index >= 15 is 0 Å². The van der Waals surface area contributed by atoms with Gasteiger partial charge in [-0.1, -0.05) is 28.1 Å². The van der Waals surface area contributed by atoms with Gasteiger partial charge in [-0.05, 0) is 37.5 Å². The largest absolute Gasteiger partial charge is 0.327 e. The van der Waals surface area contributed by atoms with Crippen molar-refractivity contribution in [1.29, 1.82) is 0 Å². The van der Waals surface area contributed by atoms with E-state index in [4.69, 9.17) is 0 Å². The van der Waals surface area contributed by atoms with Crippen LogP contribution >= 0.6 is 15.9 Å². The Morgan fingerprint density at radius 3 is 3.00 bits per heavy atom. The normalized spacial score (nSPS) is 14.8. The molecule has 0 bridgehead atoms. The lowest BCUT2D eigenvalue weighted by molar-refractivity contribution is 0.626. The first kappa shape index (κ1) is 12.9. The molecule has 3 nitrogen and oxygen atoms in total. The molecule has 0 unspecified atom stereocenters. The summed E-state index contributed by atoms with van der Waals surface area (Å²) < 4.78 is 3.41. The topological polar surface area (TPSA) is 29.9 Å². The zero-order valence-corrected chi connectivity index (χ0v) is 12.7. The van der Waals surface area contributed by atoms with E-state index in [0.717, 1.165) is 29.4 Å². The van der Waals surface area contributed by atoms with Gasteiger partial charge in [0.2, 0.25) is 0 Å². The Kier molecular flexibility index (Phi) is 3.71. The summed E-state index contributed by atoms with van der Waals surface area (Å²) in [5, 5.41) is 3.55. The van der Waals surface area contributed by atoms with Crippen molar-refractivity contribution < 1.29 is 0 Å². The maximum atomic E-state index is 4.44. The molecule has 0 atom stereocenters. The Hall–Kier alpha value is -1.13. The molecule has 0 saturated heterocycles. The average molecular weight is 320 g/mol. The summed E-state index contributed by atoms with van der Waals surface area (Å²) in [6, 6.07) is 9.18. The third kappa shape index (κ3) is 3.25. The van der Waals surface area contributed by atoms with Gasteiger partial charge in [-0.3, -0.25) is 0 Å². The number of hydrogen-bond donors (Lipinski definition) is 1. The molecule has 1 N–H and O–H groups in total. The first-order valence-corrected chi connectivity index (χ1v) is 7.50. The van der Waals surface area contributed by atoms with Crippen LogP contribution in [0.25, 0.3) is 0 Å². The van der Waals surface area contributed by atoms with Gasteiger partial charge in [0.05, 0.1) is 5.69 Å². The molecule has 1 fully saturated rings. The van der Waals surface area contributed by atoms with Gasteiger partial charge in [-0.2, -0.15) is 0 Å². The van der Waals surface area contributed by atoms with Crippen LogP contribution in [0.4, 0.5) is 0 Å². The van der Waals surface area contributed by atoms with Gasteiger partial charge >= 0.3 is 0 Å². The number of aromatic nitrogens is 2. The number of halogens is 1. The summed E-state index contributed by atoms with van der Waals surface area (Å²) in [5.74, 6) is 1.08. The van der Waals surface area contributed by atoms with E-state index in [1.807, 2.05) is 6.20 Å². The van der Waals surface area contributed by atoms with E-state index in [1.165, 1.54) is 24.1 Å². The van der Waals surface area contributed by atoms with E-state index in [-0.39, 0.29) is 0 Å². The molecule has 100 valence electrons. The Labute approximate surface area is 122 Å². The minimum absolute atomic E-state index is 0.731. The monoisotopic (exact) mass is 319 g/mol. The Balaban J connectivity index is 1.76. The number of hydrogen-bond acceptors (Lipinski definition) is 2. The van der Waals surface area contributed by atoms with Crippen molar-refractivity contribution in [2.24, 2.45) is 0 Å². The summed E-state index contributed by atoms with van der Waals surface area (Å²) >= 11 is 3.52. The van der Waals surface area contributed by atoms with E-state index < -0.39 is 0 Å². The van der Waals surface area contributed by atoms with Crippen LogP contribution in [0.15, 0.2) is 34.9 Å². The maximum Gasteiger partial charge on any atom is 0.106 e. The number of benzene rings is 1. The lowest BCUT2D eigenvalue weighted by Gasteiger charge is -2.11. The standard InChI is InChI=1S/C15H18BrN3/c1-11-17-8-15(9-18-14-5-6-14)19(11)10-12-3-2-4-13(16)7-12/h2-4,7-8,14,18H,5-6,9-10H2,1H3. The summed E-state index contributed by atoms with van der Waals surface area (Å²) in [6.07, 6.45) is 4.63. The molecule has 1 heterocycles. The van der Waals surface area contributed by atoms with Crippen molar-refractivity contribution in [3.63, 3.8) is 0 Å². The average Bonchev–Trinajstić information content (AvgIpc) is 3.15. The number of nitrogens with zero attached hydrogens (tertiary/aromatic N) is 2. The van der Waals surface area contributed by atoms with Crippen LogP contribution in [-0.2, 0) is 13.1 Å². The van der Waals surface area contributed by atoms with Crippen molar-refractivity contribution in [2.75, 3.05) is 0 Å².